The highest BCUT2D eigenvalue weighted by Crippen LogP contribution is 2.22. The van der Waals surface area contributed by atoms with Crippen LogP contribution in [0.25, 0.3) is 0 Å². The lowest BCUT2D eigenvalue weighted by Crippen LogP contribution is -2.12. The van der Waals surface area contributed by atoms with Gasteiger partial charge in [0, 0.05) is 0 Å². The molecule has 2 aromatic carbocycles. The highest BCUT2D eigenvalue weighted by atomic mass is 15.4. The van der Waals surface area contributed by atoms with Crippen molar-refractivity contribution >= 4 is 11.4 Å². The molecule has 0 fully saturated rings. The Balaban J connectivity index is 1.90. The number of rotatable bonds is 12. The molecule has 0 aromatic heterocycles. The topological polar surface area (TPSA) is 24.1 Å². The lowest BCUT2D eigenvalue weighted by Gasteiger charge is -2.17. The molecule has 0 unspecified atom stereocenters. The van der Waals surface area contributed by atoms with Gasteiger partial charge in [-0.3, -0.25) is 0 Å². The quantitative estimate of drug-likeness (QED) is 0.311. The normalized spacial score (nSPS) is 10.9. The minimum absolute atomic E-state index is 0.651. The van der Waals surface area contributed by atoms with E-state index in [1.807, 2.05) is 0 Å². The molecule has 0 heterocycles. The van der Waals surface area contributed by atoms with Gasteiger partial charge in [-0.2, -0.15) is 0 Å². The number of nitrogens with one attached hydrogen (secondary N) is 2. The summed E-state index contributed by atoms with van der Waals surface area (Å²) in [5.74, 6) is 0.651. The van der Waals surface area contributed by atoms with Gasteiger partial charge in [-0.15, -0.1) is 0 Å². The summed E-state index contributed by atoms with van der Waals surface area (Å²) in [7, 11) is 0. The molecule has 2 rings (SSSR count). The first-order valence-electron chi connectivity index (χ1n) is 10.4. The van der Waals surface area contributed by atoms with Crippen molar-refractivity contribution in [1.29, 1.82) is 0 Å². The summed E-state index contributed by atoms with van der Waals surface area (Å²) < 4.78 is 0. The summed E-state index contributed by atoms with van der Waals surface area (Å²) in [6.45, 7) is 6.80. The van der Waals surface area contributed by atoms with E-state index >= 15 is 0 Å². The van der Waals surface area contributed by atoms with Crippen molar-refractivity contribution in [1.82, 2.24) is 0 Å². The Hall–Kier alpha value is -1.96. The third kappa shape index (κ3) is 7.11. The average Bonchev–Trinajstić information content (AvgIpc) is 2.64. The van der Waals surface area contributed by atoms with Crippen molar-refractivity contribution in [3.8, 4) is 0 Å². The van der Waals surface area contributed by atoms with Gasteiger partial charge in [0.05, 0.1) is 11.4 Å². The first-order chi connectivity index (χ1) is 12.7. The van der Waals surface area contributed by atoms with Crippen molar-refractivity contribution in [3.05, 3.63) is 59.7 Å². The number of hydrazine groups is 1. The van der Waals surface area contributed by atoms with Crippen LogP contribution < -0.4 is 10.9 Å². The van der Waals surface area contributed by atoms with Crippen LogP contribution in [0.5, 0.6) is 0 Å². The molecule has 0 radical (unpaired) electrons. The number of hydrogen-bond acceptors (Lipinski definition) is 2. The Morgan fingerprint density at radius 1 is 0.692 bits per heavy atom. The molecule has 0 spiro atoms. The van der Waals surface area contributed by atoms with Gasteiger partial charge in [0.25, 0.3) is 0 Å². The molecule has 2 N–H and O–H groups in total. The second-order valence-electron chi connectivity index (χ2n) is 7.68. The molecule has 2 aromatic rings. The van der Waals surface area contributed by atoms with Crippen LogP contribution in [0.15, 0.2) is 48.5 Å². The number of aryl methyl sites for hydroxylation is 1. The number of anilines is 2. The highest BCUT2D eigenvalue weighted by molar-refractivity contribution is 5.59. The maximum atomic E-state index is 3.45. The van der Waals surface area contributed by atoms with Gasteiger partial charge in [0.1, 0.15) is 0 Å². The van der Waals surface area contributed by atoms with Crippen LogP contribution in [-0.2, 0) is 12.8 Å². The lowest BCUT2D eigenvalue weighted by molar-refractivity contribution is 0.608. The molecule has 2 heteroatoms. The smallest absolute Gasteiger partial charge is 0.0571 e. The predicted molar refractivity (Wildman–Crippen MR) is 116 cm³/mol. The lowest BCUT2D eigenvalue weighted by atomic mass is 10.0. The van der Waals surface area contributed by atoms with Gasteiger partial charge < -0.3 is 10.9 Å². The minimum atomic E-state index is 0.651. The van der Waals surface area contributed by atoms with Crippen LogP contribution in [0.3, 0.4) is 0 Å². The number of unbranched alkanes of at least 4 members (excludes halogenated alkanes) is 5. The van der Waals surface area contributed by atoms with Crippen LogP contribution in [0, 0.1) is 5.92 Å². The molecule has 0 atom stereocenters. The Bertz CT molecular complexity index is 634. The second-order valence-corrected chi connectivity index (χ2v) is 7.68. The summed E-state index contributed by atoms with van der Waals surface area (Å²) in [6.07, 6.45) is 10.3. The fourth-order valence-electron chi connectivity index (χ4n) is 3.35. The molecular formula is C24H36N2. The van der Waals surface area contributed by atoms with Crippen LogP contribution in [0.4, 0.5) is 11.4 Å². The number of para-hydroxylation sites is 2. The van der Waals surface area contributed by atoms with Gasteiger partial charge in [-0.25, -0.2) is 0 Å². The molecule has 0 aliphatic rings. The molecule has 0 saturated carbocycles. The van der Waals surface area contributed by atoms with Gasteiger partial charge in [-0.1, -0.05) is 89.3 Å². The molecule has 142 valence electrons. The molecule has 0 bridgehead atoms. The summed E-state index contributed by atoms with van der Waals surface area (Å²) in [4.78, 5) is 0. The average molecular weight is 353 g/mol. The zero-order valence-electron chi connectivity index (χ0n) is 16.9. The van der Waals surface area contributed by atoms with Gasteiger partial charge in [0.2, 0.25) is 0 Å². The van der Waals surface area contributed by atoms with Crippen molar-refractivity contribution in [3.63, 3.8) is 0 Å². The highest BCUT2D eigenvalue weighted by Gasteiger charge is 2.05. The van der Waals surface area contributed by atoms with E-state index in [0.717, 1.165) is 12.8 Å². The monoisotopic (exact) mass is 352 g/mol. The zero-order valence-corrected chi connectivity index (χ0v) is 16.9. The van der Waals surface area contributed by atoms with Crippen LogP contribution in [-0.4, -0.2) is 0 Å². The van der Waals surface area contributed by atoms with Crippen molar-refractivity contribution in [2.45, 2.75) is 72.1 Å². The Morgan fingerprint density at radius 2 is 1.23 bits per heavy atom. The summed E-state index contributed by atoms with van der Waals surface area (Å²) in [5, 5.41) is 0. The molecule has 0 amide bonds. The van der Waals surface area contributed by atoms with E-state index in [9.17, 15) is 0 Å². The molecular weight excluding hydrogens is 316 g/mol. The Morgan fingerprint density at radius 3 is 1.88 bits per heavy atom. The Kier molecular flexibility index (Phi) is 9.09. The number of hydrogen-bond donors (Lipinski definition) is 2. The van der Waals surface area contributed by atoms with Crippen LogP contribution >= 0.6 is 0 Å². The molecule has 0 saturated heterocycles. The fraction of sp³-hybridized carbons (Fsp3) is 0.500. The maximum absolute atomic E-state index is 3.45. The van der Waals surface area contributed by atoms with Crippen LogP contribution in [0.2, 0.25) is 0 Å². The maximum Gasteiger partial charge on any atom is 0.0571 e. The third-order valence-electron chi connectivity index (χ3n) is 4.79. The Labute approximate surface area is 160 Å². The minimum Gasteiger partial charge on any atom is -0.301 e. The first-order valence-corrected chi connectivity index (χ1v) is 10.4. The van der Waals surface area contributed by atoms with Crippen LogP contribution in [0.1, 0.15) is 70.4 Å². The van der Waals surface area contributed by atoms with Crippen molar-refractivity contribution in [2.24, 2.45) is 5.92 Å². The predicted octanol–water partition coefficient (Wildman–Crippen LogP) is 7.23. The van der Waals surface area contributed by atoms with E-state index in [0.29, 0.717) is 5.92 Å². The molecule has 26 heavy (non-hydrogen) atoms. The van der Waals surface area contributed by atoms with E-state index in [4.69, 9.17) is 0 Å². The van der Waals surface area contributed by atoms with E-state index in [1.165, 1.54) is 61.0 Å². The third-order valence-corrected chi connectivity index (χ3v) is 4.79. The standard InChI is InChI=1S/C24H36N2/c1-4-5-6-7-8-9-14-21-15-10-12-17-23(21)25-26-24-18-13-11-16-22(24)19-20(2)3/h10-13,15-18,20,25-26H,4-9,14,19H2,1-3H3. The van der Waals surface area contributed by atoms with E-state index < -0.39 is 0 Å². The fourth-order valence-corrected chi connectivity index (χ4v) is 3.35. The van der Waals surface area contributed by atoms with E-state index in [2.05, 4.69) is 80.2 Å². The molecule has 2 nitrogen and oxygen atoms in total. The van der Waals surface area contributed by atoms with Crippen molar-refractivity contribution in [2.75, 3.05) is 10.9 Å². The molecule has 0 aliphatic carbocycles. The summed E-state index contributed by atoms with van der Waals surface area (Å²) in [6, 6.07) is 17.2. The van der Waals surface area contributed by atoms with Gasteiger partial charge >= 0.3 is 0 Å². The van der Waals surface area contributed by atoms with Crippen molar-refractivity contribution < 1.29 is 0 Å². The van der Waals surface area contributed by atoms with E-state index in [1.54, 1.807) is 0 Å². The SMILES string of the molecule is CCCCCCCCc1ccccc1NNc1ccccc1CC(C)C. The summed E-state index contributed by atoms with van der Waals surface area (Å²) in [5.41, 5.74) is 12.0. The summed E-state index contributed by atoms with van der Waals surface area (Å²) >= 11 is 0. The number of benzene rings is 2. The van der Waals surface area contributed by atoms with Gasteiger partial charge in [0.15, 0.2) is 0 Å². The zero-order chi connectivity index (χ0) is 18.6. The first kappa shape index (κ1) is 20.4. The van der Waals surface area contributed by atoms with Gasteiger partial charge in [-0.05, 0) is 48.4 Å². The largest absolute Gasteiger partial charge is 0.301 e. The second kappa shape index (κ2) is 11.6. The molecule has 0 aliphatic heterocycles. The van der Waals surface area contributed by atoms with E-state index in [-0.39, 0.29) is 0 Å².